The average Bonchev–Trinajstić information content (AvgIpc) is 3.31. The molecule has 3 rings (SSSR count). The number of aliphatic imine (C=N–C) groups is 1. The molecule has 0 fully saturated rings. The van der Waals surface area contributed by atoms with Crippen molar-refractivity contribution in [3.05, 3.63) is 77.1 Å². The number of anilines is 1. The van der Waals surface area contributed by atoms with E-state index in [-0.39, 0.29) is 29.9 Å². The van der Waals surface area contributed by atoms with Gasteiger partial charge in [-0.15, -0.1) is 24.0 Å². The molecule has 32 heavy (non-hydrogen) atoms. The molecule has 0 bridgehead atoms. The van der Waals surface area contributed by atoms with Crippen LogP contribution in [0.4, 0.5) is 5.69 Å². The van der Waals surface area contributed by atoms with Crippen molar-refractivity contribution in [3.63, 3.8) is 0 Å². The Morgan fingerprint density at radius 2 is 1.84 bits per heavy atom. The summed E-state index contributed by atoms with van der Waals surface area (Å²) in [4.78, 5) is 16.4. The van der Waals surface area contributed by atoms with Crippen LogP contribution in [0.15, 0.2) is 65.9 Å². The largest absolute Gasteiger partial charge is 0.356 e. The summed E-state index contributed by atoms with van der Waals surface area (Å²) < 4.78 is 1.83. The van der Waals surface area contributed by atoms with Crippen LogP contribution in [0.3, 0.4) is 0 Å². The molecule has 0 saturated carbocycles. The lowest BCUT2D eigenvalue weighted by molar-refractivity contribution is -0.116. The molecular formula is C23H28ClIN6O. The second-order valence-corrected chi connectivity index (χ2v) is 7.41. The van der Waals surface area contributed by atoms with Gasteiger partial charge in [0.15, 0.2) is 5.96 Å². The van der Waals surface area contributed by atoms with Crippen LogP contribution in [0.5, 0.6) is 0 Å². The predicted octanol–water partition coefficient (Wildman–Crippen LogP) is 4.19. The molecule has 1 amide bonds. The first-order chi connectivity index (χ1) is 15.1. The van der Waals surface area contributed by atoms with Gasteiger partial charge in [0, 0.05) is 49.7 Å². The third-order valence-electron chi connectivity index (χ3n) is 4.82. The Labute approximate surface area is 210 Å². The Bertz CT molecular complexity index is 1020. The van der Waals surface area contributed by atoms with Crippen LogP contribution in [0, 0.1) is 6.92 Å². The number of hydrogen-bond donors (Lipinski definition) is 3. The van der Waals surface area contributed by atoms with E-state index < -0.39 is 0 Å². The number of guanidine groups is 1. The third-order valence-corrected chi connectivity index (χ3v) is 5.23. The quantitative estimate of drug-likeness (QED) is 0.217. The van der Waals surface area contributed by atoms with Crippen LogP contribution < -0.4 is 16.0 Å². The fourth-order valence-corrected chi connectivity index (χ4v) is 3.21. The molecule has 0 unspecified atom stereocenters. The van der Waals surface area contributed by atoms with Crippen LogP contribution in [0.2, 0.25) is 5.02 Å². The highest BCUT2D eigenvalue weighted by Crippen LogP contribution is 2.22. The summed E-state index contributed by atoms with van der Waals surface area (Å²) in [7, 11) is 1.71. The van der Waals surface area contributed by atoms with Crippen LogP contribution in [-0.2, 0) is 11.2 Å². The number of rotatable bonds is 8. The van der Waals surface area contributed by atoms with Gasteiger partial charge in [-0.3, -0.25) is 9.79 Å². The maximum absolute atomic E-state index is 12.2. The fourth-order valence-electron chi connectivity index (χ4n) is 3.03. The van der Waals surface area contributed by atoms with Gasteiger partial charge in [-0.25, -0.2) is 4.68 Å². The Morgan fingerprint density at radius 3 is 2.53 bits per heavy atom. The van der Waals surface area contributed by atoms with Crippen molar-refractivity contribution in [2.45, 2.75) is 19.8 Å². The van der Waals surface area contributed by atoms with E-state index in [9.17, 15) is 4.79 Å². The molecule has 1 aromatic heterocycles. The van der Waals surface area contributed by atoms with Gasteiger partial charge in [0.25, 0.3) is 0 Å². The number of amides is 1. The van der Waals surface area contributed by atoms with E-state index in [0.717, 1.165) is 29.9 Å². The first kappa shape index (κ1) is 25.7. The monoisotopic (exact) mass is 566 g/mol. The van der Waals surface area contributed by atoms with Crippen molar-refractivity contribution in [1.82, 2.24) is 20.4 Å². The molecule has 0 saturated heterocycles. The SMILES string of the molecule is CN=C(NCCC(=O)Nc1cccc(Cl)c1C)NCCc1ccc(-n2cccn2)cc1.I. The Hall–Kier alpha value is -2.59. The summed E-state index contributed by atoms with van der Waals surface area (Å²) in [5, 5.41) is 14.2. The molecule has 2 aromatic carbocycles. The zero-order valence-electron chi connectivity index (χ0n) is 18.1. The van der Waals surface area contributed by atoms with Crippen molar-refractivity contribution in [2.75, 3.05) is 25.5 Å². The Balaban J connectivity index is 0.00000363. The zero-order chi connectivity index (χ0) is 22.1. The molecule has 7 nitrogen and oxygen atoms in total. The molecule has 3 aromatic rings. The van der Waals surface area contributed by atoms with Gasteiger partial charge in [0.2, 0.25) is 5.91 Å². The summed E-state index contributed by atoms with van der Waals surface area (Å²) in [5.41, 5.74) is 3.85. The minimum absolute atomic E-state index is 0. The van der Waals surface area contributed by atoms with Crippen molar-refractivity contribution in [1.29, 1.82) is 0 Å². The van der Waals surface area contributed by atoms with Gasteiger partial charge < -0.3 is 16.0 Å². The molecule has 0 spiro atoms. The molecule has 9 heteroatoms. The number of carbonyl (C=O) groups is 1. The lowest BCUT2D eigenvalue weighted by Gasteiger charge is -2.13. The highest BCUT2D eigenvalue weighted by Gasteiger charge is 2.07. The summed E-state index contributed by atoms with van der Waals surface area (Å²) in [6.45, 7) is 3.09. The molecular weight excluding hydrogens is 539 g/mol. The van der Waals surface area contributed by atoms with E-state index in [2.05, 4.69) is 50.3 Å². The zero-order valence-corrected chi connectivity index (χ0v) is 21.2. The fraction of sp³-hybridized carbons (Fsp3) is 0.261. The van der Waals surface area contributed by atoms with E-state index in [1.54, 1.807) is 19.3 Å². The minimum atomic E-state index is -0.0782. The number of nitrogens with zero attached hydrogens (tertiary/aromatic N) is 3. The van der Waals surface area contributed by atoms with E-state index in [1.165, 1.54) is 5.56 Å². The van der Waals surface area contributed by atoms with Crippen LogP contribution in [-0.4, -0.2) is 41.8 Å². The van der Waals surface area contributed by atoms with Gasteiger partial charge in [-0.1, -0.05) is 29.8 Å². The van der Waals surface area contributed by atoms with E-state index in [1.807, 2.05) is 36.0 Å². The van der Waals surface area contributed by atoms with E-state index in [4.69, 9.17) is 11.6 Å². The molecule has 0 atom stereocenters. The van der Waals surface area contributed by atoms with Crippen molar-refractivity contribution >= 4 is 53.1 Å². The second kappa shape index (κ2) is 13.1. The lowest BCUT2D eigenvalue weighted by Crippen LogP contribution is -2.39. The molecule has 0 aliphatic heterocycles. The molecule has 0 radical (unpaired) electrons. The molecule has 170 valence electrons. The Kier molecular flexibility index (Phi) is 10.5. The minimum Gasteiger partial charge on any atom is -0.356 e. The second-order valence-electron chi connectivity index (χ2n) is 7.00. The maximum atomic E-state index is 12.2. The van der Waals surface area contributed by atoms with Crippen LogP contribution in [0.1, 0.15) is 17.5 Å². The maximum Gasteiger partial charge on any atom is 0.226 e. The van der Waals surface area contributed by atoms with Gasteiger partial charge in [0.1, 0.15) is 0 Å². The standard InChI is InChI=1S/C23H27ClN6O.HI/c1-17-20(24)5-3-6-21(17)29-22(31)12-15-27-23(25-2)26-14-11-18-7-9-19(10-8-18)30-16-4-13-28-30;/h3-10,13,16H,11-12,14-15H2,1-2H3,(H,29,31)(H2,25,26,27);1H. The topological polar surface area (TPSA) is 83.3 Å². The summed E-state index contributed by atoms with van der Waals surface area (Å²) in [6, 6.07) is 15.7. The van der Waals surface area contributed by atoms with Crippen LogP contribution in [0.25, 0.3) is 5.69 Å². The first-order valence-electron chi connectivity index (χ1n) is 10.2. The number of aromatic nitrogens is 2. The normalized spacial score (nSPS) is 10.9. The number of benzene rings is 2. The molecule has 0 aliphatic rings. The first-order valence-corrected chi connectivity index (χ1v) is 10.5. The summed E-state index contributed by atoms with van der Waals surface area (Å²) in [6.07, 6.45) is 4.86. The van der Waals surface area contributed by atoms with Gasteiger partial charge in [-0.2, -0.15) is 5.10 Å². The number of carbonyl (C=O) groups excluding carboxylic acids is 1. The number of nitrogens with one attached hydrogen (secondary N) is 3. The van der Waals surface area contributed by atoms with E-state index >= 15 is 0 Å². The number of halogens is 2. The predicted molar refractivity (Wildman–Crippen MR) is 141 cm³/mol. The Morgan fingerprint density at radius 1 is 1.09 bits per heavy atom. The highest BCUT2D eigenvalue weighted by molar-refractivity contribution is 14.0. The molecule has 3 N–H and O–H groups in total. The lowest BCUT2D eigenvalue weighted by atomic mass is 10.1. The van der Waals surface area contributed by atoms with Gasteiger partial charge in [0.05, 0.1) is 5.69 Å². The van der Waals surface area contributed by atoms with E-state index in [0.29, 0.717) is 23.9 Å². The summed E-state index contributed by atoms with van der Waals surface area (Å²) >= 11 is 6.09. The molecule has 0 aliphatic carbocycles. The number of hydrogen-bond acceptors (Lipinski definition) is 3. The van der Waals surface area contributed by atoms with Crippen molar-refractivity contribution in [3.8, 4) is 5.69 Å². The van der Waals surface area contributed by atoms with Gasteiger partial charge >= 0.3 is 0 Å². The van der Waals surface area contributed by atoms with Crippen molar-refractivity contribution in [2.24, 2.45) is 4.99 Å². The molecule has 1 heterocycles. The third kappa shape index (κ3) is 7.52. The summed E-state index contributed by atoms with van der Waals surface area (Å²) in [5.74, 6) is 0.588. The van der Waals surface area contributed by atoms with Crippen LogP contribution >= 0.6 is 35.6 Å². The van der Waals surface area contributed by atoms with Crippen molar-refractivity contribution < 1.29 is 4.79 Å². The highest BCUT2D eigenvalue weighted by atomic mass is 127. The average molecular weight is 567 g/mol. The smallest absolute Gasteiger partial charge is 0.226 e. The van der Waals surface area contributed by atoms with Gasteiger partial charge in [-0.05, 0) is 54.8 Å².